The topological polar surface area (TPSA) is 74.6 Å². The van der Waals surface area contributed by atoms with Gasteiger partial charge in [-0.2, -0.15) is 0 Å². The molecule has 0 aromatic heterocycles. The molecule has 2 unspecified atom stereocenters. The van der Waals surface area contributed by atoms with E-state index < -0.39 is 22.4 Å². The Morgan fingerprint density at radius 2 is 1.18 bits per heavy atom. The molecule has 0 saturated heterocycles. The Hall–Kier alpha value is 0.219. The molecule has 0 spiro atoms. The largest absolute Gasteiger partial charge is 2.00 e. The Morgan fingerprint density at radius 1 is 0.941 bits per heavy atom. The summed E-state index contributed by atoms with van der Waals surface area (Å²) in [5.41, 5.74) is 0. The van der Waals surface area contributed by atoms with Crippen molar-refractivity contribution in [3.63, 3.8) is 0 Å². The molecule has 0 aromatic carbocycles. The minimum atomic E-state index is -0.907. The number of hydrogen-bond acceptors (Lipinski definition) is 6. The van der Waals surface area contributed by atoms with Crippen molar-refractivity contribution >= 4 is 35.5 Å². The van der Waals surface area contributed by atoms with Crippen molar-refractivity contribution in [2.45, 2.75) is 51.7 Å². The van der Waals surface area contributed by atoms with Gasteiger partial charge in [-0.25, -0.2) is 0 Å². The van der Waals surface area contributed by atoms with E-state index in [1.807, 2.05) is 13.8 Å². The Morgan fingerprint density at radius 3 is 1.24 bits per heavy atom. The molecule has 0 heterocycles. The van der Waals surface area contributed by atoms with Crippen LogP contribution in [0.25, 0.3) is 0 Å². The molecule has 0 aliphatic carbocycles. The first-order chi connectivity index (χ1) is 7.36. The number of aliphatic hydroxyl groups excluding tert-OH is 2. The van der Waals surface area contributed by atoms with Crippen molar-refractivity contribution in [1.29, 1.82) is 0 Å². The van der Waals surface area contributed by atoms with Gasteiger partial charge in [0.15, 0.2) is 0 Å². The minimum Gasteiger partial charge on any atom is -0.739 e. The standard InChI is InChI=1S/2C5H10O2S.Mn/c2*1-2-3-4(6)5(7)8;/h2*4,6H,2-3H2,1H3,(H,7,8);/q;;+2/p-2. The van der Waals surface area contributed by atoms with Gasteiger partial charge in [0.1, 0.15) is 0 Å². The van der Waals surface area contributed by atoms with Gasteiger partial charge in [0.2, 0.25) is 0 Å². The smallest absolute Gasteiger partial charge is 0.739 e. The molecule has 0 amide bonds. The monoisotopic (exact) mass is 321 g/mol. The molecule has 0 aromatic rings. The predicted octanol–water partition coefficient (Wildman–Crippen LogP) is 0.439. The fourth-order valence-electron chi connectivity index (χ4n) is 0.783. The molecule has 2 N–H and O–H groups in total. The van der Waals surface area contributed by atoms with Crippen LogP contribution in [-0.2, 0) is 51.9 Å². The molecule has 4 nitrogen and oxygen atoms in total. The van der Waals surface area contributed by atoms with Crippen molar-refractivity contribution in [3.8, 4) is 0 Å². The zero-order valence-corrected chi connectivity index (χ0v) is 12.7. The maximum atomic E-state index is 10.1. The molecule has 7 heteroatoms. The van der Waals surface area contributed by atoms with Crippen LogP contribution in [0.5, 0.6) is 0 Å². The Balaban J connectivity index is -0.000000218. The molecule has 0 saturated carbocycles. The fraction of sp³-hybridized carbons (Fsp3) is 0.800. The van der Waals surface area contributed by atoms with Crippen LogP contribution >= 0.6 is 0 Å². The average molecular weight is 321 g/mol. The summed E-state index contributed by atoms with van der Waals surface area (Å²) in [6.45, 7) is 3.78. The summed E-state index contributed by atoms with van der Waals surface area (Å²) in [7, 11) is 0. The summed E-state index contributed by atoms with van der Waals surface area (Å²) < 4.78 is 0. The van der Waals surface area contributed by atoms with Gasteiger partial charge in [0.05, 0.1) is 12.2 Å². The number of hydrogen-bond donors (Lipinski definition) is 2. The van der Waals surface area contributed by atoms with Gasteiger partial charge in [-0.15, -0.1) is 0 Å². The summed E-state index contributed by atoms with van der Waals surface area (Å²) in [5, 5.41) is 16.2. The van der Waals surface area contributed by atoms with E-state index in [0.29, 0.717) is 12.8 Å². The van der Waals surface area contributed by atoms with Crippen molar-refractivity contribution in [2.75, 3.05) is 0 Å². The van der Waals surface area contributed by atoms with Gasteiger partial charge in [0, 0.05) is 10.2 Å². The molecule has 1 radical (unpaired) electrons. The third-order valence-electron chi connectivity index (χ3n) is 1.67. The second-order valence-corrected chi connectivity index (χ2v) is 4.05. The number of carbonyl (C=O) groups is 2. The third-order valence-corrected chi connectivity index (χ3v) is 2.21. The van der Waals surface area contributed by atoms with E-state index >= 15 is 0 Å². The molecular formula is C10H18MnO4S2. The first-order valence-electron chi connectivity index (χ1n) is 5.14. The van der Waals surface area contributed by atoms with Crippen LogP contribution in [0.4, 0.5) is 0 Å². The second kappa shape index (κ2) is 14.3. The van der Waals surface area contributed by atoms with Crippen LogP contribution in [0.3, 0.4) is 0 Å². The molecule has 101 valence electrons. The quantitative estimate of drug-likeness (QED) is 0.546. The maximum Gasteiger partial charge on any atom is 2.00 e. The van der Waals surface area contributed by atoms with Crippen molar-refractivity contribution in [2.24, 2.45) is 0 Å². The number of carbonyl (C=O) groups excluding carboxylic acids is 2. The molecule has 0 bridgehead atoms. The van der Waals surface area contributed by atoms with E-state index in [1.165, 1.54) is 0 Å². The molecule has 17 heavy (non-hydrogen) atoms. The normalized spacial score (nSPS) is 12.5. The van der Waals surface area contributed by atoms with Gasteiger partial charge in [-0.1, -0.05) is 26.7 Å². The first-order valence-corrected chi connectivity index (χ1v) is 5.96. The maximum absolute atomic E-state index is 10.1. The zero-order chi connectivity index (χ0) is 13.1. The molecule has 0 aliphatic rings. The van der Waals surface area contributed by atoms with Crippen LogP contribution in [0.15, 0.2) is 0 Å². The summed E-state index contributed by atoms with van der Waals surface area (Å²) in [6.07, 6.45) is 0.752. The van der Waals surface area contributed by atoms with E-state index in [2.05, 4.69) is 25.3 Å². The van der Waals surface area contributed by atoms with E-state index in [9.17, 15) is 9.59 Å². The van der Waals surface area contributed by atoms with Crippen LogP contribution in [0.2, 0.25) is 0 Å². The van der Waals surface area contributed by atoms with E-state index in [1.54, 1.807) is 0 Å². The number of rotatable bonds is 6. The van der Waals surface area contributed by atoms with Crippen molar-refractivity contribution in [3.05, 3.63) is 0 Å². The second-order valence-electron chi connectivity index (χ2n) is 3.25. The summed E-state index contributed by atoms with van der Waals surface area (Å²) >= 11 is 8.36. The molecule has 2 atom stereocenters. The average Bonchev–Trinajstić information content (AvgIpc) is 2.19. The van der Waals surface area contributed by atoms with Crippen molar-refractivity contribution in [1.82, 2.24) is 0 Å². The van der Waals surface area contributed by atoms with Crippen LogP contribution < -0.4 is 0 Å². The van der Waals surface area contributed by atoms with E-state index in [4.69, 9.17) is 10.2 Å². The molecule has 0 aliphatic heterocycles. The van der Waals surface area contributed by atoms with Crippen molar-refractivity contribution < 1.29 is 36.9 Å². The van der Waals surface area contributed by atoms with Gasteiger partial charge < -0.3 is 45.1 Å². The Labute approximate surface area is 124 Å². The van der Waals surface area contributed by atoms with Gasteiger partial charge in [-0.3, -0.25) is 0 Å². The van der Waals surface area contributed by atoms with Gasteiger partial charge in [0.25, 0.3) is 0 Å². The van der Waals surface area contributed by atoms with E-state index in [0.717, 1.165) is 12.8 Å². The first kappa shape index (κ1) is 22.4. The van der Waals surface area contributed by atoms with Crippen LogP contribution in [0, 0.1) is 0 Å². The molecular weight excluding hydrogens is 303 g/mol. The third kappa shape index (κ3) is 16.2. The number of aliphatic hydroxyl groups is 2. The van der Waals surface area contributed by atoms with E-state index in [-0.39, 0.29) is 17.1 Å². The van der Waals surface area contributed by atoms with Gasteiger partial charge >= 0.3 is 17.1 Å². The Bertz CT molecular complexity index is 192. The minimum absolute atomic E-state index is 0. The summed E-state index contributed by atoms with van der Waals surface area (Å²) in [5.74, 6) is 0. The summed E-state index contributed by atoms with van der Waals surface area (Å²) in [4.78, 5) is 20.2. The fourth-order valence-corrected chi connectivity index (χ4v) is 1.02. The molecule has 0 rings (SSSR count). The summed E-state index contributed by atoms with van der Waals surface area (Å²) in [6, 6.07) is 0. The predicted molar refractivity (Wildman–Crippen MR) is 66.6 cm³/mol. The zero-order valence-electron chi connectivity index (χ0n) is 9.89. The van der Waals surface area contributed by atoms with Crippen LogP contribution in [-0.4, -0.2) is 32.7 Å². The van der Waals surface area contributed by atoms with Crippen LogP contribution in [0.1, 0.15) is 39.5 Å². The molecule has 0 fully saturated rings. The SMILES string of the molecule is CCCC(O)C(=O)[S-].CCCC(O)C(=O)[S-].[Mn+2]. The Kier molecular flexibility index (Phi) is 18.8. The van der Waals surface area contributed by atoms with Gasteiger partial charge in [-0.05, 0) is 12.8 Å².